The Morgan fingerprint density at radius 1 is 1.45 bits per heavy atom. The number of hydrogen-bond donors (Lipinski definition) is 0. The van der Waals surface area contributed by atoms with E-state index in [1.54, 1.807) is 0 Å². The van der Waals surface area contributed by atoms with Gasteiger partial charge in [-0.1, -0.05) is 11.8 Å². The van der Waals surface area contributed by atoms with Crippen LogP contribution in [0.3, 0.4) is 0 Å². The summed E-state index contributed by atoms with van der Waals surface area (Å²) in [6.45, 7) is 1.47. The number of carbonyl (C=O) groups excluding carboxylic acids is 2. The highest BCUT2D eigenvalue weighted by Crippen LogP contribution is 2.33. The van der Waals surface area contributed by atoms with E-state index in [1.165, 1.54) is 6.92 Å². The van der Waals surface area contributed by atoms with Crippen LogP contribution < -0.4 is 4.90 Å². The first kappa shape index (κ1) is 16.3. The number of thioether (sulfide) groups is 1. The van der Waals surface area contributed by atoms with Crippen molar-refractivity contribution >= 4 is 34.2 Å². The molecule has 0 bridgehead atoms. The van der Waals surface area contributed by atoms with Crippen molar-refractivity contribution < 1.29 is 23.3 Å². The molecular weight excluding hydrogens is 318 g/mol. The first-order chi connectivity index (χ1) is 10.3. The molecule has 1 fully saturated rings. The number of amides is 1. The Morgan fingerprint density at radius 2 is 2.05 bits per heavy atom. The quantitative estimate of drug-likeness (QED) is 0.626. The summed E-state index contributed by atoms with van der Waals surface area (Å²) in [6.07, 6.45) is 0.0795. The lowest BCUT2D eigenvalue weighted by molar-refractivity contribution is -0.385. The van der Waals surface area contributed by atoms with Gasteiger partial charge in [-0.2, -0.15) is 0 Å². The lowest BCUT2D eigenvalue weighted by Crippen LogP contribution is -2.27. The highest BCUT2D eigenvalue weighted by atomic mass is 32.2. The Bertz CT molecular complexity index is 630. The van der Waals surface area contributed by atoms with Crippen LogP contribution in [-0.4, -0.2) is 28.2 Å². The van der Waals surface area contributed by atoms with Gasteiger partial charge < -0.3 is 4.90 Å². The molecule has 1 unspecified atom stereocenters. The summed E-state index contributed by atoms with van der Waals surface area (Å²) in [5, 5.41) is 10.5. The minimum absolute atomic E-state index is 0.0742. The zero-order chi connectivity index (χ0) is 16.4. The van der Waals surface area contributed by atoms with Crippen molar-refractivity contribution in [1.82, 2.24) is 0 Å². The van der Waals surface area contributed by atoms with Crippen molar-refractivity contribution in [2.24, 2.45) is 5.92 Å². The summed E-state index contributed by atoms with van der Waals surface area (Å²) in [5.74, 6) is -2.59. The van der Waals surface area contributed by atoms with Gasteiger partial charge in [0.1, 0.15) is 5.69 Å². The summed E-state index contributed by atoms with van der Waals surface area (Å²) in [7, 11) is 0. The molecule has 6 nitrogen and oxygen atoms in total. The van der Waals surface area contributed by atoms with E-state index in [1.807, 2.05) is 0 Å². The third-order valence-corrected chi connectivity index (χ3v) is 4.25. The molecule has 0 saturated carbocycles. The topological polar surface area (TPSA) is 80.5 Å². The van der Waals surface area contributed by atoms with Crippen LogP contribution in [0.15, 0.2) is 12.1 Å². The predicted octanol–water partition coefficient (Wildman–Crippen LogP) is 2.51. The number of nitro benzene ring substituents is 1. The summed E-state index contributed by atoms with van der Waals surface area (Å²) in [5.41, 5.74) is -1.29. The van der Waals surface area contributed by atoms with Crippen molar-refractivity contribution in [2.75, 3.05) is 17.2 Å². The third-order valence-electron chi connectivity index (χ3n) is 3.21. The van der Waals surface area contributed by atoms with E-state index in [-0.39, 0.29) is 24.0 Å². The van der Waals surface area contributed by atoms with Crippen molar-refractivity contribution in [3.63, 3.8) is 0 Å². The number of hydrogen-bond acceptors (Lipinski definition) is 5. The van der Waals surface area contributed by atoms with E-state index in [4.69, 9.17) is 0 Å². The van der Waals surface area contributed by atoms with Gasteiger partial charge in [0.05, 0.1) is 17.1 Å². The lowest BCUT2D eigenvalue weighted by atomic mass is 10.1. The van der Waals surface area contributed by atoms with Crippen LogP contribution in [0.5, 0.6) is 0 Å². The van der Waals surface area contributed by atoms with E-state index in [9.17, 15) is 28.5 Å². The van der Waals surface area contributed by atoms with E-state index >= 15 is 0 Å². The molecule has 1 heterocycles. The average molecular weight is 330 g/mol. The second-order valence-electron chi connectivity index (χ2n) is 4.89. The second kappa shape index (κ2) is 6.39. The molecule has 1 amide bonds. The largest absolute Gasteiger partial charge is 0.307 e. The molecule has 2 rings (SSSR count). The van der Waals surface area contributed by atoms with E-state index in [0.717, 1.165) is 16.7 Å². The molecule has 0 N–H and O–H groups in total. The molecular formula is C13H12F2N2O4S. The number of halogens is 2. The Kier molecular flexibility index (Phi) is 4.74. The van der Waals surface area contributed by atoms with Gasteiger partial charge in [0.25, 0.3) is 5.69 Å². The summed E-state index contributed by atoms with van der Waals surface area (Å²) < 4.78 is 27.9. The van der Waals surface area contributed by atoms with Gasteiger partial charge in [-0.3, -0.25) is 19.7 Å². The molecule has 1 saturated heterocycles. The molecule has 0 aliphatic carbocycles. The van der Waals surface area contributed by atoms with E-state index in [2.05, 4.69) is 0 Å². The second-order valence-corrected chi connectivity index (χ2v) is 6.09. The fourth-order valence-corrected chi connectivity index (χ4v) is 2.95. The zero-order valence-corrected chi connectivity index (χ0v) is 12.4. The van der Waals surface area contributed by atoms with Gasteiger partial charge in [-0.15, -0.1) is 0 Å². The molecule has 9 heteroatoms. The number of carbonyl (C=O) groups is 2. The molecule has 1 aliphatic rings. The van der Waals surface area contributed by atoms with Crippen molar-refractivity contribution in [3.8, 4) is 0 Å². The standard InChI is InChI=1S/C13H12F2N2O4S/c1-7(18)22-6-8-2-12(19)16(5-8)13-10(14)3-9(17(20)21)4-11(13)15/h3-4,8H,2,5-6H2,1H3. The average Bonchev–Trinajstić information content (AvgIpc) is 2.77. The van der Waals surface area contributed by atoms with Gasteiger partial charge in [0, 0.05) is 25.6 Å². The SMILES string of the molecule is CC(=O)SCC1CC(=O)N(c2c(F)cc([N+](=O)[O-])cc2F)C1. The Morgan fingerprint density at radius 3 is 2.55 bits per heavy atom. The number of non-ortho nitro benzene ring substituents is 1. The van der Waals surface area contributed by atoms with Crippen LogP contribution in [0.2, 0.25) is 0 Å². The molecule has 1 aromatic carbocycles. The van der Waals surface area contributed by atoms with Gasteiger partial charge in [0.2, 0.25) is 5.91 Å². The predicted molar refractivity (Wildman–Crippen MR) is 76.6 cm³/mol. The molecule has 118 valence electrons. The van der Waals surface area contributed by atoms with Crippen LogP contribution in [-0.2, 0) is 9.59 Å². The van der Waals surface area contributed by atoms with Crippen LogP contribution in [0.1, 0.15) is 13.3 Å². The zero-order valence-electron chi connectivity index (χ0n) is 11.5. The minimum atomic E-state index is -1.15. The first-order valence-corrected chi connectivity index (χ1v) is 7.35. The fourth-order valence-electron chi connectivity index (χ4n) is 2.26. The molecule has 0 aromatic heterocycles. The summed E-state index contributed by atoms with van der Waals surface area (Å²) in [4.78, 5) is 33.4. The molecule has 22 heavy (non-hydrogen) atoms. The van der Waals surface area contributed by atoms with Gasteiger partial charge >= 0.3 is 0 Å². The molecule has 0 radical (unpaired) electrons. The van der Waals surface area contributed by atoms with E-state index in [0.29, 0.717) is 17.9 Å². The van der Waals surface area contributed by atoms with Crippen LogP contribution in [0.4, 0.5) is 20.2 Å². The number of nitro groups is 1. The third kappa shape index (κ3) is 3.41. The van der Waals surface area contributed by atoms with Crippen LogP contribution in [0, 0.1) is 27.7 Å². The highest BCUT2D eigenvalue weighted by Gasteiger charge is 2.34. The van der Waals surface area contributed by atoms with Gasteiger partial charge in [-0.25, -0.2) is 8.78 Å². The lowest BCUT2D eigenvalue weighted by Gasteiger charge is -2.18. The maximum atomic E-state index is 13.9. The Labute approximate surface area is 128 Å². The number of benzene rings is 1. The van der Waals surface area contributed by atoms with Crippen molar-refractivity contribution in [3.05, 3.63) is 33.9 Å². The fraction of sp³-hybridized carbons (Fsp3) is 0.385. The first-order valence-electron chi connectivity index (χ1n) is 6.36. The maximum absolute atomic E-state index is 13.9. The van der Waals surface area contributed by atoms with Crippen molar-refractivity contribution in [2.45, 2.75) is 13.3 Å². The molecule has 0 spiro atoms. The van der Waals surface area contributed by atoms with Gasteiger partial charge in [0.15, 0.2) is 16.7 Å². The monoisotopic (exact) mass is 330 g/mol. The smallest absolute Gasteiger partial charge is 0.275 e. The number of nitrogens with zero attached hydrogens (tertiary/aromatic N) is 2. The van der Waals surface area contributed by atoms with Gasteiger partial charge in [-0.05, 0) is 5.92 Å². The normalized spacial score (nSPS) is 17.9. The Balaban J connectivity index is 2.23. The highest BCUT2D eigenvalue weighted by molar-refractivity contribution is 8.13. The van der Waals surface area contributed by atoms with E-state index < -0.39 is 33.8 Å². The molecule has 1 atom stereocenters. The van der Waals surface area contributed by atoms with Crippen LogP contribution in [0.25, 0.3) is 0 Å². The molecule has 1 aromatic rings. The Hall–Kier alpha value is -2.03. The molecule has 1 aliphatic heterocycles. The number of anilines is 1. The number of rotatable bonds is 4. The van der Waals surface area contributed by atoms with Crippen LogP contribution >= 0.6 is 11.8 Å². The summed E-state index contributed by atoms with van der Waals surface area (Å²) in [6, 6.07) is 1.17. The van der Waals surface area contributed by atoms with Crippen molar-refractivity contribution in [1.29, 1.82) is 0 Å². The minimum Gasteiger partial charge on any atom is -0.307 e. The maximum Gasteiger partial charge on any atom is 0.275 e. The summed E-state index contributed by atoms with van der Waals surface area (Å²) >= 11 is 1.05.